The van der Waals surface area contributed by atoms with E-state index in [4.69, 9.17) is 14.8 Å². The van der Waals surface area contributed by atoms with Gasteiger partial charge in [-0.15, -0.1) is 10.2 Å². The molecule has 160 valence electrons. The van der Waals surface area contributed by atoms with E-state index in [9.17, 15) is 4.79 Å². The van der Waals surface area contributed by atoms with Crippen molar-refractivity contribution in [2.75, 3.05) is 7.11 Å². The fourth-order valence-electron chi connectivity index (χ4n) is 4.09. The number of methoxy groups -OCH3 is 1. The molecule has 0 bridgehead atoms. The van der Waals surface area contributed by atoms with Crippen molar-refractivity contribution in [1.82, 2.24) is 29.5 Å². The lowest BCUT2D eigenvalue weighted by Crippen LogP contribution is -2.07. The molecule has 3 heterocycles. The number of para-hydroxylation sites is 1. The molecule has 8 heteroatoms. The number of ether oxygens (including phenoxy) is 1. The van der Waals surface area contributed by atoms with Crippen LogP contribution >= 0.6 is 0 Å². The van der Waals surface area contributed by atoms with E-state index in [1.807, 2.05) is 61.9 Å². The van der Waals surface area contributed by atoms with Crippen molar-refractivity contribution in [2.45, 2.75) is 20.3 Å². The molecule has 3 aromatic heterocycles. The molecule has 0 N–H and O–H groups in total. The van der Waals surface area contributed by atoms with Crippen LogP contribution in [0, 0.1) is 13.8 Å². The SMILES string of the molecule is COC(=O)c1ccc(Cc2c(C)nn(-c3nnc4c5ccccc5n(C)c4n3)c2C)cc1. The molecule has 32 heavy (non-hydrogen) atoms. The molecular weight excluding hydrogens is 404 g/mol. The van der Waals surface area contributed by atoms with Gasteiger partial charge >= 0.3 is 5.97 Å². The maximum absolute atomic E-state index is 11.7. The summed E-state index contributed by atoms with van der Waals surface area (Å²) in [5.74, 6) is 0.0985. The molecule has 2 aromatic carbocycles. The summed E-state index contributed by atoms with van der Waals surface area (Å²) in [7, 11) is 3.36. The second kappa shape index (κ2) is 7.56. The normalized spacial score (nSPS) is 11.4. The first-order chi connectivity index (χ1) is 15.5. The number of esters is 1. The molecule has 0 radical (unpaired) electrons. The molecule has 0 saturated heterocycles. The van der Waals surface area contributed by atoms with Gasteiger partial charge in [0.15, 0.2) is 5.65 Å². The zero-order valence-corrected chi connectivity index (χ0v) is 18.3. The van der Waals surface area contributed by atoms with Crippen molar-refractivity contribution >= 4 is 28.0 Å². The summed E-state index contributed by atoms with van der Waals surface area (Å²) in [6.07, 6.45) is 0.683. The van der Waals surface area contributed by atoms with Gasteiger partial charge in [-0.25, -0.2) is 9.48 Å². The van der Waals surface area contributed by atoms with Crippen LogP contribution in [-0.4, -0.2) is 42.6 Å². The molecule has 0 unspecified atom stereocenters. The number of aromatic nitrogens is 6. The maximum atomic E-state index is 11.7. The number of carbonyl (C=O) groups excluding carboxylic acids is 1. The van der Waals surface area contributed by atoms with E-state index in [1.54, 1.807) is 16.8 Å². The highest BCUT2D eigenvalue weighted by molar-refractivity contribution is 6.04. The Labute approximate surface area is 184 Å². The Morgan fingerprint density at radius 1 is 1.03 bits per heavy atom. The number of aryl methyl sites for hydroxylation is 2. The van der Waals surface area contributed by atoms with Gasteiger partial charge in [0.25, 0.3) is 5.95 Å². The lowest BCUT2D eigenvalue weighted by atomic mass is 10.0. The highest BCUT2D eigenvalue weighted by Gasteiger charge is 2.18. The molecule has 8 nitrogen and oxygen atoms in total. The van der Waals surface area contributed by atoms with Crippen molar-refractivity contribution in [3.8, 4) is 5.95 Å². The van der Waals surface area contributed by atoms with E-state index >= 15 is 0 Å². The van der Waals surface area contributed by atoms with Crippen molar-refractivity contribution in [3.63, 3.8) is 0 Å². The van der Waals surface area contributed by atoms with Crippen LogP contribution in [0.1, 0.15) is 32.9 Å². The smallest absolute Gasteiger partial charge is 0.337 e. The third-order valence-electron chi connectivity index (χ3n) is 5.88. The van der Waals surface area contributed by atoms with Crippen LogP contribution in [0.3, 0.4) is 0 Å². The van der Waals surface area contributed by atoms with Gasteiger partial charge < -0.3 is 9.30 Å². The van der Waals surface area contributed by atoms with Crippen LogP contribution < -0.4 is 0 Å². The highest BCUT2D eigenvalue weighted by atomic mass is 16.5. The molecule has 0 fully saturated rings. The van der Waals surface area contributed by atoms with E-state index < -0.39 is 0 Å². The summed E-state index contributed by atoms with van der Waals surface area (Å²) >= 11 is 0. The van der Waals surface area contributed by atoms with Crippen molar-refractivity contribution in [2.24, 2.45) is 7.05 Å². The van der Waals surface area contributed by atoms with Gasteiger partial charge in [-0.3, -0.25) is 0 Å². The number of hydrogen-bond donors (Lipinski definition) is 0. The molecule has 0 atom stereocenters. The molecule has 0 aliphatic rings. The predicted octanol–water partition coefficient (Wildman–Crippen LogP) is 3.70. The largest absolute Gasteiger partial charge is 0.465 e. The monoisotopic (exact) mass is 426 g/mol. The number of rotatable bonds is 4. The second-order valence-electron chi connectivity index (χ2n) is 7.79. The number of nitrogens with zero attached hydrogens (tertiary/aromatic N) is 6. The van der Waals surface area contributed by atoms with Crippen LogP contribution in [0.25, 0.3) is 28.0 Å². The molecular formula is C24H22N6O2. The summed E-state index contributed by atoms with van der Waals surface area (Å²) in [5.41, 5.74) is 7.17. The third-order valence-corrected chi connectivity index (χ3v) is 5.88. The van der Waals surface area contributed by atoms with Gasteiger partial charge in [0.05, 0.1) is 23.9 Å². The van der Waals surface area contributed by atoms with Crippen LogP contribution in [0.5, 0.6) is 0 Å². The predicted molar refractivity (Wildman–Crippen MR) is 121 cm³/mol. The minimum absolute atomic E-state index is 0.342. The van der Waals surface area contributed by atoms with Crippen LogP contribution in [0.4, 0.5) is 0 Å². The summed E-state index contributed by atoms with van der Waals surface area (Å²) in [5, 5.41) is 14.6. The van der Waals surface area contributed by atoms with Gasteiger partial charge in [0, 0.05) is 30.1 Å². The maximum Gasteiger partial charge on any atom is 0.337 e. The van der Waals surface area contributed by atoms with E-state index in [0.717, 1.165) is 44.6 Å². The van der Waals surface area contributed by atoms with Crippen LogP contribution in [0.15, 0.2) is 48.5 Å². The number of hydrogen-bond acceptors (Lipinski definition) is 6. The molecule has 5 aromatic rings. The van der Waals surface area contributed by atoms with Gasteiger partial charge in [-0.05, 0) is 37.6 Å². The first kappa shape index (κ1) is 19.9. The Hall–Kier alpha value is -4.07. The zero-order valence-electron chi connectivity index (χ0n) is 18.3. The van der Waals surface area contributed by atoms with Gasteiger partial charge in [-0.2, -0.15) is 10.1 Å². The fourth-order valence-corrected chi connectivity index (χ4v) is 4.09. The average molecular weight is 426 g/mol. The number of carbonyl (C=O) groups is 1. The summed E-state index contributed by atoms with van der Waals surface area (Å²) in [6.45, 7) is 3.98. The van der Waals surface area contributed by atoms with Crippen molar-refractivity contribution in [1.29, 1.82) is 0 Å². The molecule has 5 rings (SSSR count). The summed E-state index contributed by atoms with van der Waals surface area (Å²) in [4.78, 5) is 16.5. The topological polar surface area (TPSA) is 87.7 Å². The van der Waals surface area contributed by atoms with E-state index in [1.165, 1.54) is 7.11 Å². The summed E-state index contributed by atoms with van der Waals surface area (Å²) in [6, 6.07) is 15.5. The van der Waals surface area contributed by atoms with E-state index in [-0.39, 0.29) is 5.97 Å². The molecule has 0 saturated carbocycles. The minimum Gasteiger partial charge on any atom is -0.465 e. The average Bonchev–Trinajstić information content (AvgIpc) is 3.27. The Bertz CT molecular complexity index is 1480. The van der Waals surface area contributed by atoms with E-state index in [0.29, 0.717) is 17.9 Å². The molecule has 0 spiro atoms. The quantitative estimate of drug-likeness (QED) is 0.407. The lowest BCUT2D eigenvalue weighted by molar-refractivity contribution is 0.0600. The highest BCUT2D eigenvalue weighted by Crippen LogP contribution is 2.26. The van der Waals surface area contributed by atoms with Gasteiger partial charge in [-0.1, -0.05) is 30.3 Å². The second-order valence-corrected chi connectivity index (χ2v) is 7.79. The van der Waals surface area contributed by atoms with Crippen molar-refractivity contribution in [3.05, 3.63) is 76.6 Å². The van der Waals surface area contributed by atoms with Gasteiger partial charge in [0.2, 0.25) is 0 Å². The lowest BCUT2D eigenvalue weighted by Gasteiger charge is -2.06. The van der Waals surface area contributed by atoms with Crippen molar-refractivity contribution < 1.29 is 9.53 Å². The van der Waals surface area contributed by atoms with Gasteiger partial charge in [0.1, 0.15) is 5.52 Å². The number of fused-ring (bicyclic) bond motifs is 3. The standard InChI is InChI=1S/C24H22N6O2/c1-14-19(13-16-9-11-17(12-10-16)23(31)32-4)15(2)30(28-14)24-25-22-21(26-27-24)18-7-5-6-8-20(18)29(22)3/h5-12H,13H2,1-4H3. The molecule has 0 amide bonds. The first-order valence-electron chi connectivity index (χ1n) is 10.3. The Balaban J connectivity index is 1.52. The van der Waals surface area contributed by atoms with E-state index in [2.05, 4.69) is 10.2 Å². The zero-order chi connectivity index (χ0) is 22.4. The Morgan fingerprint density at radius 2 is 1.78 bits per heavy atom. The molecule has 0 aliphatic heterocycles. The fraction of sp³-hybridized carbons (Fsp3) is 0.208. The Morgan fingerprint density at radius 3 is 2.53 bits per heavy atom. The van der Waals surface area contributed by atoms with Crippen LogP contribution in [0.2, 0.25) is 0 Å². The minimum atomic E-state index is -0.342. The molecule has 0 aliphatic carbocycles. The first-order valence-corrected chi connectivity index (χ1v) is 10.3. The van der Waals surface area contributed by atoms with Crippen LogP contribution in [-0.2, 0) is 18.2 Å². The summed E-state index contributed by atoms with van der Waals surface area (Å²) < 4.78 is 8.54. The number of benzene rings is 2. The third kappa shape index (κ3) is 3.11. The Kier molecular flexibility index (Phi) is 4.70.